The molecule has 0 aromatic rings. The largest absolute Gasteiger partial charge is 0.306 e. The molecule has 0 amide bonds. The van der Waals surface area contributed by atoms with E-state index < -0.39 is 22.5 Å². The predicted octanol–water partition coefficient (Wildman–Crippen LogP) is 1.43. The number of hydrogen-bond acceptors (Lipinski definition) is 3. The van der Waals surface area contributed by atoms with Gasteiger partial charge in [-0.05, 0) is 26.2 Å². The third kappa shape index (κ3) is 4.44. The summed E-state index contributed by atoms with van der Waals surface area (Å²) in [6.45, 7) is 4.13. The first-order valence-electron chi connectivity index (χ1n) is 6.39. The molecule has 1 rings (SSSR count). The number of sulfonamides is 1. The van der Waals surface area contributed by atoms with Crippen molar-refractivity contribution in [3.8, 4) is 0 Å². The van der Waals surface area contributed by atoms with Gasteiger partial charge in [0.05, 0.1) is 11.8 Å². The minimum absolute atomic E-state index is 0.0120. The van der Waals surface area contributed by atoms with E-state index in [1.165, 1.54) is 11.2 Å². The fraction of sp³-hybridized carbons (Fsp3) is 1.00. The first kappa shape index (κ1) is 15.8. The zero-order chi connectivity index (χ0) is 13.8. The van der Waals surface area contributed by atoms with Crippen LogP contribution in [-0.2, 0) is 10.0 Å². The van der Waals surface area contributed by atoms with E-state index in [9.17, 15) is 17.2 Å². The second-order valence-electron chi connectivity index (χ2n) is 4.78. The smallest absolute Gasteiger partial charge is 0.253 e. The number of halogens is 2. The number of piperidine rings is 1. The van der Waals surface area contributed by atoms with E-state index in [0.29, 0.717) is 32.4 Å². The van der Waals surface area contributed by atoms with E-state index in [0.717, 1.165) is 0 Å². The standard InChI is InChI=1S/C11H22F2N2O2S/c1-3-8-18(16,17)15-6-4-10(5-7-15)14-9(2)11(12)13/h9-11,14H,3-8H2,1-2H3. The Hall–Kier alpha value is -0.270. The molecule has 18 heavy (non-hydrogen) atoms. The molecule has 108 valence electrons. The van der Waals surface area contributed by atoms with Crippen LogP contribution in [0.3, 0.4) is 0 Å². The first-order valence-corrected chi connectivity index (χ1v) is 7.99. The molecule has 1 saturated heterocycles. The topological polar surface area (TPSA) is 49.4 Å². The molecule has 0 aromatic heterocycles. The van der Waals surface area contributed by atoms with Crippen molar-refractivity contribution in [2.75, 3.05) is 18.8 Å². The Labute approximate surface area is 108 Å². The first-order chi connectivity index (χ1) is 8.36. The number of alkyl halides is 2. The predicted molar refractivity (Wildman–Crippen MR) is 67.3 cm³/mol. The Balaban J connectivity index is 2.42. The van der Waals surface area contributed by atoms with Crippen LogP contribution in [0, 0.1) is 0 Å². The van der Waals surface area contributed by atoms with Gasteiger partial charge in [-0.3, -0.25) is 0 Å². The molecule has 0 saturated carbocycles. The number of rotatable bonds is 6. The van der Waals surface area contributed by atoms with Crippen molar-refractivity contribution in [1.29, 1.82) is 0 Å². The van der Waals surface area contributed by atoms with Gasteiger partial charge in [-0.15, -0.1) is 0 Å². The molecular weight excluding hydrogens is 262 g/mol. The lowest BCUT2D eigenvalue weighted by Gasteiger charge is -2.33. The minimum Gasteiger partial charge on any atom is -0.306 e. The summed E-state index contributed by atoms with van der Waals surface area (Å²) >= 11 is 0. The molecular formula is C11H22F2N2O2S. The monoisotopic (exact) mass is 284 g/mol. The molecule has 0 spiro atoms. The van der Waals surface area contributed by atoms with E-state index in [1.807, 2.05) is 6.92 Å². The van der Waals surface area contributed by atoms with Crippen molar-refractivity contribution < 1.29 is 17.2 Å². The zero-order valence-corrected chi connectivity index (χ0v) is 11.7. The molecule has 0 aromatic carbocycles. The van der Waals surface area contributed by atoms with Crippen LogP contribution in [0.1, 0.15) is 33.1 Å². The Morgan fingerprint density at radius 2 is 1.89 bits per heavy atom. The summed E-state index contributed by atoms with van der Waals surface area (Å²) in [7, 11) is -3.14. The quantitative estimate of drug-likeness (QED) is 0.803. The lowest BCUT2D eigenvalue weighted by atomic mass is 10.1. The van der Waals surface area contributed by atoms with E-state index >= 15 is 0 Å². The average Bonchev–Trinajstić information content (AvgIpc) is 2.29. The van der Waals surface area contributed by atoms with Gasteiger partial charge >= 0.3 is 0 Å². The Bertz CT molecular complexity index is 341. The second-order valence-corrected chi connectivity index (χ2v) is 6.87. The van der Waals surface area contributed by atoms with Gasteiger partial charge in [0.15, 0.2) is 0 Å². The molecule has 1 fully saturated rings. The van der Waals surface area contributed by atoms with Crippen LogP contribution in [0.15, 0.2) is 0 Å². The molecule has 7 heteroatoms. The maximum absolute atomic E-state index is 12.4. The highest BCUT2D eigenvalue weighted by atomic mass is 32.2. The van der Waals surface area contributed by atoms with Crippen LogP contribution in [0.25, 0.3) is 0 Å². The Morgan fingerprint density at radius 3 is 2.33 bits per heavy atom. The van der Waals surface area contributed by atoms with Crippen LogP contribution in [0.2, 0.25) is 0 Å². The molecule has 1 unspecified atom stereocenters. The Morgan fingerprint density at radius 1 is 1.33 bits per heavy atom. The third-order valence-electron chi connectivity index (χ3n) is 3.19. The molecule has 1 atom stereocenters. The SMILES string of the molecule is CCCS(=O)(=O)N1CCC(NC(C)C(F)F)CC1. The van der Waals surface area contributed by atoms with E-state index in [1.54, 1.807) is 0 Å². The van der Waals surface area contributed by atoms with Gasteiger partial charge in [-0.1, -0.05) is 6.92 Å². The van der Waals surface area contributed by atoms with Gasteiger partial charge in [-0.2, -0.15) is 0 Å². The summed E-state index contributed by atoms with van der Waals surface area (Å²) in [5.41, 5.74) is 0. The van der Waals surface area contributed by atoms with Crippen molar-refractivity contribution in [3.05, 3.63) is 0 Å². The third-order valence-corrected chi connectivity index (χ3v) is 5.26. The minimum atomic E-state index is -3.14. The molecule has 1 aliphatic rings. The summed E-state index contributed by atoms with van der Waals surface area (Å²) in [6.07, 6.45) is -0.588. The number of hydrogen-bond donors (Lipinski definition) is 1. The van der Waals surface area contributed by atoms with Crippen molar-refractivity contribution in [2.45, 2.75) is 51.6 Å². The lowest BCUT2D eigenvalue weighted by molar-refractivity contribution is 0.0946. The highest BCUT2D eigenvalue weighted by molar-refractivity contribution is 7.89. The average molecular weight is 284 g/mol. The zero-order valence-electron chi connectivity index (χ0n) is 10.9. The summed E-state index contributed by atoms with van der Waals surface area (Å²) in [5.74, 6) is 0.165. The van der Waals surface area contributed by atoms with E-state index in [-0.39, 0.29) is 11.8 Å². The van der Waals surface area contributed by atoms with Gasteiger partial charge in [-0.25, -0.2) is 21.5 Å². The number of nitrogens with zero attached hydrogens (tertiary/aromatic N) is 1. The van der Waals surface area contributed by atoms with Crippen molar-refractivity contribution in [2.24, 2.45) is 0 Å². The fourth-order valence-electron chi connectivity index (χ4n) is 2.13. The van der Waals surface area contributed by atoms with Crippen molar-refractivity contribution >= 4 is 10.0 Å². The molecule has 0 aliphatic carbocycles. The molecule has 4 nitrogen and oxygen atoms in total. The molecule has 1 heterocycles. The van der Waals surface area contributed by atoms with Gasteiger partial charge in [0.2, 0.25) is 10.0 Å². The van der Waals surface area contributed by atoms with Crippen LogP contribution >= 0.6 is 0 Å². The van der Waals surface area contributed by atoms with Gasteiger partial charge in [0.25, 0.3) is 6.43 Å². The molecule has 0 bridgehead atoms. The highest BCUT2D eigenvalue weighted by Crippen LogP contribution is 2.16. The van der Waals surface area contributed by atoms with Gasteiger partial charge in [0.1, 0.15) is 0 Å². The lowest BCUT2D eigenvalue weighted by Crippen LogP contribution is -2.49. The summed E-state index contributed by atoms with van der Waals surface area (Å²) < 4.78 is 49.9. The van der Waals surface area contributed by atoms with Crippen LogP contribution in [-0.4, -0.2) is 50.1 Å². The van der Waals surface area contributed by atoms with E-state index in [4.69, 9.17) is 0 Å². The number of nitrogens with one attached hydrogen (secondary N) is 1. The molecule has 1 N–H and O–H groups in total. The highest BCUT2D eigenvalue weighted by Gasteiger charge is 2.28. The summed E-state index contributed by atoms with van der Waals surface area (Å²) in [4.78, 5) is 0. The molecule has 1 aliphatic heterocycles. The van der Waals surface area contributed by atoms with Crippen LogP contribution in [0.4, 0.5) is 8.78 Å². The summed E-state index contributed by atoms with van der Waals surface area (Å²) in [6, 6.07) is -0.851. The second kappa shape index (κ2) is 6.77. The summed E-state index contributed by atoms with van der Waals surface area (Å²) in [5, 5.41) is 2.85. The van der Waals surface area contributed by atoms with E-state index in [2.05, 4.69) is 5.32 Å². The molecule has 0 radical (unpaired) electrons. The maximum Gasteiger partial charge on any atom is 0.253 e. The normalized spacial score (nSPS) is 21.4. The van der Waals surface area contributed by atoms with Gasteiger partial charge < -0.3 is 5.32 Å². The Kier molecular flexibility index (Phi) is 5.94. The van der Waals surface area contributed by atoms with Crippen LogP contribution < -0.4 is 5.32 Å². The van der Waals surface area contributed by atoms with Gasteiger partial charge in [0, 0.05) is 19.1 Å². The van der Waals surface area contributed by atoms with Crippen molar-refractivity contribution in [1.82, 2.24) is 9.62 Å². The van der Waals surface area contributed by atoms with Crippen molar-refractivity contribution in [3.63, 3.8) is 0 Å². The van der Waals surface area contributed by atoms with Crippen LogP contribution in [0.5, 0.6) is 0 Å². The fourth-order valence-corrected chi connectivity index (χ4v) is 3.67. The maximum atomic E-state index is 12.4.